The Balaban J connectivity index is 1.94. The van der Waals surface area contributed by atoms with Gasteiger partial charge < -0.3 is 19.5 Å². The Morgan fingerprint density at radius 2 is 1.63 bits per heavy atom. The number of non-ortho nitro benzene ring substituents is 1. The molecule has 0 fully saturated rings. The van der Waals surface area contributed by atoms with Gasteiger partial charge in [-0.2, -0.15) is 0 Å². The van der Waals surface area contributed by atoms with Gasteiger partial charge in [-0.15, -0.1) is 11.8 Å². The van der Waals surface area contributed by atoms with Crippen LogP contribution in [0.15, 0.2) is 41.3 Å². The summed E-state index contributed by atoms with van der Waals surface area (Å²) in [6.45, 7) is 0.267. The maximum Gasteiger partial charge on any atom is 0.269 e. The zero-order chi connectivity index (χ0) is 19.8. The maximum atomic E-state index is 12.1. The van der Waals surface area contributed by atoms with E-state index in [9.17, 15) is 14.9 Å². The van der Waals surface area contributed by atoms with Crippen molar-refractivity contribution in [1.29, 1.82) is 0 Å². The molecule has 0 aliphatic carbocycles. The molecule has 0 aliphatic heterocycles. The maximum absolute atomic E-state index is 12.1. The highest BCUT2D eigenvalue weighted by molar-refractivity contribution is 8.00. The van der Waals surface area contributed by atoms with Crippen LogP contribution in [0, 0.1) is 10.1 Å². The molecule has 0 atom stereocenters. The molecule has 0 saturated heterocycles. The smallest absolute Gasteiger partial charge is 0.269 e. The Hall–Kier alpha value is -2.94. The Morgan fingerprint density at radius 1 is 1.04 bits per heavy atom. The fraction of sp³-hybridized carbons (Fsp3) is 0.278. The van der Waals surface area contributed by atoms with Gasteiger partial charge in [0.1, 0.15) is 5.75 Å². The fourth-order valence-electron chi connectivity index (χ4n) is 2.29. The van der Waals surface area contributed by atoms with Crippen molar-refractivity contribution in [3.8, 4) is 17.2 Å². The molecule has 0 spiro atoms. The normalized spacial score (nSPS) is 10.2. The van der Waals surface area contributed by atoms with Crippen LogP contribution < -0.4 is 19.5 Å². The van der Waals surface area contributed by atoms with Gasteiger partial charge in [-0.3, -0.25) is 14.9 Å². The monoisotopic (exact) mass is 392 g/mol. The largest absolute Gasteiger partial charge is 0.496 e. The van der Waals surface area contributed by atoms with E-state index in [0.29, 0.717) is 17.2 Å². The predicted molar refractivity (Wildman–Crippen MR) is 102 cm³/mol. The number of rotatable bonds is 9. The Morgan fingerprint density at radius 3 is 2.19 bits per heavy atom. The molecule has 144 valence electrons. The van der Waals surface area contributed by atoms with E-state index in [1.165, 1.54) is 45.2 Å². The number of thioether (sulfide) groups is 1. The molecule has 0 saturated carbocycles. The van der Waals surface area contributed by atoms with Crippen molar-refractivity contribution in [2.24, 2.45) is 0 Å². The lowest BCUT2D eigenvalue weighted by Crippen LogP contribution is -2.24. The second-order valence-corrected chi connectivity index (χ2v) is 6.38. The van der Waals surface area contributed by atoms with Crippen LogP contribution in [0.25, 0.3) is 0 Å². The number of benzene rings is 2. The van der Waals surface area contributed by atoms with Crippen molar-refractivity contribution >= 4 is 23.4 Å². The van der Waals surface area contributed by atoms with Gasteiger partial charge in [-0.25, -0.2) is 0 Å². The van der Waals surface area contributed by atoms with Crippen LogP contribution in [-0.4, -0.2) is 37.9 Å². The van der Waals surface area contributed by atoms with E-state index >= 15 is 0 Å². The topological polar surface area (TPSA) is 99.9 Å². The number of nitro benzene ring substituents is 1. The second-order valence-electron chi connectivity index (χ2n) is 5.34. The lowest BCUT2D eigenvalue weighted by atomic mass is 10.1. The zero-order valence-electron chi connectivity index (χ0n) is 15.2. The molecular weight excluding hydrogens is 372 g/mol. The summed E-state index contributed by atoms with van der Waals surface area (Å²) in [5.74, 6) is 1.68. The van der Waals surface area contributed by atoms with Gasteiger partial charge in [0.05, 0.1) is 32.0 Å². The van der Waals surface area contributed by atoms with Crippen molar-refractivity contribution < 1.29 is 23.9 Å². The minimum absolute atomic E-state index is 0.0179. The summed E-state index contributed by atoms with van der Waals surface area (Å²) in [4.78, 5) is 23.1. The average molecular weight is 392 g/mol. The van der Waals surface area contributed by atoms with Gasteiger partial charge >= 0.3 is 0 Å². The number of carbonyl (C=O) groups excluding carboxylic acids is 1. The van der Waals surface area contributed by atoms with Gasteiger partial charge in [0.15, 0.2) is 11.5 Å². The molecule has 27 heavy (non-hydrogen) atoms. The molecule has 9 heteroatoms. The molecule has 1 amide bonds. The van der Waals surface area contributed by atoms with Gasteiger partial charge in [0.25, 0.3) is 5.69 Å². The van der Waals surface area contributed by atoms with Crippen LogP contribution in [0.4, 0.5) is 5.69 Å². The summed E-state index contributed by atoms with van der Waals surface area (Å²) in [5.41, 5.74) is 0.771. The third kappa shape index (κ3) is 5.52. The number of methoxy groups -OCH3 is 3. The Labute approximate surface area is 161 Å². The number of nitrogens with one attached hydrogen (secondary N) is 1. The molecule has 8 nitrogen and oxygen atoms in total. The van der Waals surface area contributed by atoms with Gasteiger partial charge in [-0.1, -0.05) is 0 Å². The van der Waals surface area contributed by atoms with Crippen LogP contribution in [0.3, 0.4) is 0 Å². The minimum Gasteiger partial charge on any atom is -0.496 e. The standard InChI is InChI=1S/C18H20N2O6S/c1-24-15-9-17(26-3)16(25-2)8-12(15)10-19-18(21)11-27-14-6-4-13(5-7-14)20(22)23/h4-9H,10-11H2,1-3H3,(H,19,21). The quantitative estimate of drug-likeness (QED) is 0.398. The number of hydrogen-bond acceptors (Lipinski definition) is 7. The van der Waals surface area contributed by atoms with E-state index < -0.39 is 4.92 Å². The molecule has 2 rings (SSSR count). The molecule has 0 unspecified atom stereocenters. The molecule has 0 aromatic heterocycles. The van der Waals surface area contributed by atoms with E-state index in [1.54, 1.807) is 24.3 Å². The summed E-state index contributed by atoms with van der Waals surface area (Å²) < 4.78 is 15.8. The third-order valence-corrected chi connectivity index (χ3v) is 4.69. The van der Waals surface area contributed by atoms with Crippen LogP contribution in [0.1, 0.15) is 5.56 Å². The zero-order valence-corrected chi connectivity index (χ0v) is 16.0. The highest BCUT2D eigenvalue weighted by atomic mass is 32.2. The lowest BCUT2D eigenvalue weighted by Gasteiger charge is -2.14. The highest BCUT2D eigenvalue weighted by Crippen LogP contribution is 2.34. The van der Waals surface area contributed by atoms with Crippen LogP contribution in [-0.2, 0) is 11.3 Å². The van der Waals surface area contributed by atoms with Gasteiger partial charge in [0.2, 0.25) is 5.91 Å². The first kappa shape index (κ1) is 20.4. The van der Waals surface area contributed by atoms with Gasteiger partial charge in [0, 0.05) is 35.2 Å². The summed E-state index contributed by atoms with van der Waals surface area (Å²) in [6.07, 6.45) is 0. The summed E-state index contributed by atoms with van der Waals surface area (Å²) in [7, 11) is 4.61. The molecule has 0 bridgehead atoms. The average Bonchev–Trinajstić information content (AvgIpc) is 2.70. The minimum atomic E-state index is -0.461. The lowest BCUT2D eigenvalue weighted by molar-refractivity contribution is -0.384. The number of amides is 1. The first-order valence-corrected chi connectivity index (χ1v) is 8.90. The molecule has 0 radical (unpaired) electrons. The predicted octanol–water partition coefficient (Wildman–Crippen LogP) is 3.03. The summed E-state index contributed by atoms with van der Waals surface area (Å²) in [6, 6.07) is 9.51. The number of nitrogens with zero attached hydrogens (tertiary/aromatic N) is 1. The second kappa shape index (κ2) is 9.67. The Bertz CT molecular complexity index is 810. The summed E-state index contributed by atoms with van der Waals surface area (Å²) in [5, 5.41) is 13.5. The van der Waals surface area contributed by atoms with Crippen molar-refractivity contribution in [3.63, 3.8) is 0 Å². The van der Waals surface area contributed by atoms with Crippen LogP contribution >= 0.6 is 11.8 Å². The molecule has 1 N–H and O–H groups in total. The van der Waals surface area contributed by atoms with Crippen molar-refractivity contribution in [2.75, 3.05) is 27.1 Å². The number of hydrogen-bond donors (Lipinski definition) is 1. The van der Waals surface area contributed by atoms with Gasteiger partial charge in [-0.05, 0) is 18.2 Å². The number of nitro groups is 1. The van der Waals surface area contributed by atoms with Crippen molar-refractivity contribution in [2.45, 2.75) is 11.4 Å². The number of ether oxygens (including phenoxy) is 3. The van der Waals surface area contributed by atoms with E-state index in [1.807, 2.05) is 0 Å². The molecule has 0 heterocycles. The summed E-state index contributed by atoms with van der Waals surface area (Å²) >= 11 is 1.30. The van der Waals surface area contributed by atoms with E-state index in [4.69, 9.17) is 14.2 Å². The van der Waals surface area contributed by atoms with E-state index in [2.05, 4.69) is 5.32 Å². The van der Waals surface area contributed by atoms with E-state index in [-0.39, 0.29) is 23.9 Å². The first-order valence-electron chi connectivity index (χ1n) is 7.91. The SMILES string of the molecule is COc1cc(OC)c(OC)cc1CNC(=O)CSc1ccc([N+](=O)[O-])cc1. The third-order valence-electron chi connectivity index (χ3n) is 3.68. The first-order chi connectivity index (χ1) is 13.0. The Kier molecular flexibility index (Phi) is 7.30. The fourth-order valence-corrected chi connectivity index (χ4v) is 3.02. The number of carbonyl (C=O) groups is 1. The molecule has 2 aromatic carbocycles. The molecule has 0 aliphatic rings. The van der Waals surface area contributed by atoms with Crippen LogP contribution in [0.5, 0.6) is 17.2 Å². The molecular formula is C18H20N2O6S. The van der Waals surface area contributed by atoms with E-state index in [0.717, 1.165) is 10.5 Å². The van der Waals surface area contributed by atoms with Crippen LogP contribution in [0.2, 0.25) is 0 Å². The molecule has 2 aromatic rings. The van der Waals surface area contributed by atoms with Crippen molar-refractivity contribution in [1.82, 2.24) is 5.32 Å². The highest BCUT2D eigenvalue weighted by Gasteiger charge is 2.13. The van der Waals surface area contributed by atoms with Crippen molar-refractivity contribution in [3.05, 3.63) is 52.1 Å².